The second-order valence-corrected chi connectivity index (χ2v) is 2.72. The molecule has 0 bridgehead atoms. The first-order valence-corrected chi connectivity index (χ1v) is 3.98. The zero-order valence-electron chi connectivity index (χ0n) is 7.49. The first-order valence-electron chi connectivity index (χ1n) is 3.98. The highest BCUT2D eigenvalue weighted by molar-refractivity contribution is 6.58. The lowest BCUT2D eigenvalue weighted by molar-refractivity contribution is 0.426. The minimum atomic E-state index is -1.41. The second-order valence-electron chi connectivity index (χ2n) is 2.72. The largest absolute Gasteiger partial charge is 0.488 e. The summed E-state index contributed by atoms with van der Waals surface area (Å²) in [5.41, 5.74) is 2.22. The smallest absolute Gasteiger partial charge is 0.423 e. The van der Waals surface area contributed by atoms with Crippen LogP contribution in [0.3, 0.4) is 0 Å². The van der Waals surface area contributed by atoms with Crippen LogP contribution in [0.2, 0.25) is 0 Å². The first kappa shape index (κ1) is 9.83. The Morgan fingerprint density at radius 2 is 1.85 bits per heavy atom. The van der Waals surface area contributed by atoms with Crippen LogP contribution in [0.5, 0.6) is 0 Å². The summed E-state index contributed by atoms with van der Waals surface area (Å²) in [7, 11) is 0.383. The van der Waals surface area contributed by atoms with Gasteiger partial charge in [0.1, 0.15) is 0 Å². The molecule has 0 fully saturated rings. The minimum Gasteiger partial charge on any atom is -0.423 e. The van der Waals surface area contributed by atoms with Crippen LogP contribution < -0.4 is 10.8 Å². The molecule has 3 N–H and O–H groups in total. The van der Waals surface area contributed by atoms with Gasteiger partial charge in [-0.15, -0.1) is 0 Å². The Hall–Kier alpha value is -1.26. The van der Waals surface area contributed by atoms with E-state index in [4.69, 9.17) is 10.0 Å². The highest BCUT2D eigenvalue weighted by Crippen LogP contribution is 2.06. The fourth-order valence-corrected chi connectivity index (χ4v) is 1.00. The van der Waals surface area contributed by atoms with E-state index in [1.165, 1.54) is 0 Å². The molecule has 0 aliphatic carbocycles. The fraction of sp³-hybridized carbons (Fsp3) is 0.111. The molecule has 0 heterocycles. The summed E-state index contributed by atoms with van der Waals surface area (Å²) in [4.78, 5) is 0. The van der Waals surface area contributed by atoms with Gasteiger partial charge in [-0.05, 0) is 11.0 Å². The van der Waals surface area contributed by atoms with Gasteiger partial charge in [-0.25, -0.2) is 0 Å². The molecular weight excluding hydrogens is 165 g/mol. The first-order chi connectivity index (χ1) is 6.15. The number of nitrogens with one attached hydrogen (secondary N) is 1. The van der Waals surface area contributed by atoms with E-state index in [0.717, 1.165) is 11.3 Å². The highest BCUT2D eigenvalue weighted by Gasteiger charge is 2.09. The normalized spacial score (nSPS) is 9.46. The molecule has 4 heteroatoms. The van der Waals surface area contributed by atoms with E-state index in [9.17, 15) is 0 Å². The molecule has 0 aromatic heterocycles. The van der Waals surface area contributed by atoms with Crippen molar-refractivity contribution >= 4 is 18.3 Å². The van der Waals surface area contributed by atoms with Gasteiger partial charge < -0.3 is 15.4 Å². The lowest BCUT2D eigenvalue weighted by Crippen LogP contribution is -2.29. The third kappa shape index (κ3) is 2.34. The van der Waals surface area contributed by atoms with E-state index in [1.807, 2.05) is 0 Å². The minimum absolute atomic E-state index is 0.479. The van der Waals surface area contributed by atoms with Crippen LogP contribution in [-0.2, 0) is 0 Å². The molecule has 0 aliphatic rings. The third-order valence-electron chi connectivity index (χ3n) is 1.86. The van der Waals surface area contributed by atoms with Crippen molar-refractivity contribution in [2.45, 2.75) is 0 Å². The molecule has 0 radical (unpaired) electrons. The van der Waals surface area contributed by atoms with E-state index >= 15 is 0 Å². The van der Waals surface area contributed by atoms with Gasteiger partial charge in [0.2, 0.25) is 0 Å². The SMILES string of the molecule is C=C(NC)c1ccc(B(O)O)cc1. The highest BCUT2D eigenvalue weighted by atomic mass is 16.4. The molecule has 68 valence electrons. The molecule has 1 rings (SSSR count). The van der Waals surface area contributed by atoms with Crippen LogP contribution in [0.4, 0.5) is 0 Å². The van der Waals surface area contributed by atoms with Gasteiger partial charge in [-0.1, -0.05) is 30.8 Å². The molecule has 3 nitrogen and oxygen atoms in total. The maximum atomic E-state index is 8.83. The summed E-state index contributed by atoms with van der Waals surface area (Å²) in [5.74, 6) is 0. The average molecular weight is 177 g/mol. The molecule has 1 aromatic carbocycles. The Morgan fingerprint density at radius 3 is 2.23 bits per heavy atom. The van der Waals surface area contributed by atoms with Crippen LogP contribution in [0.15, 0.2) is 30.8 Å². The van der Waals surface area contributed by atoms with Crippen LogP contribution >= 0.6 is 0 Å². The van der Waals surface area contributed by atoms with Crippen molar-refractivity contribution < 1.29 is 10.0 Å². The molecule has 0 saturated carbocycles. The van der Waals surface area contributed by atoms with Gasteiger partial charge in [-0.3, -0.25) is 0 Å². The number of hydrogen-bond donors (Lipinski definition) is 3. The summed E-state index contributed by atoms with van der Waals surface area (Å²) in [6, 6.07) is 6.88. The molecule has 1 aromatic rings. The van der Waals surface area contributed by atoms with E-state index in [-0.39, 0.29) is 0 Å². The summed E-state index contributed by atoms with van der Waals surface area (Å²) < 4.78 is 0. The maximum Gasteiger partial charge on any atom is 0.488 e. The Labute approximate surface area is 77.9 Å². The van der Waals surface area contributed by atoms with Crippen molar-refractivity contribution in [3.8, 4) is 0 Å². The summed E-state index contributed by atoms with van der Waals surface area (Å²) >= 11 is 0. The molecule has 0 unspecified atom stereocenters. The van der Waals surface area contributed by atoms with Gasteiger partial charge in [0, 0.05) is 12.7 Å². The molecule has 0 amide bonds. The summed E-state index contributed by atoms with van der Waals surface area (Å²) in [6.07, 6.45) is 0. The predicted molar refractivity (Wildman–Crippen MR) is 54.4 cm³/mol. The molecule has 0 atom stereocenters. The van der Waals surface area contributed by atoms with Crippen molar-refractivity contribution in [1.29, 1.82) is 0 Å². The molecule has 0 spiro atoms. The van der Waals surface area contributed by atoms with Crippen molar-refractivity contribution in [1.82, 2.24) is 5.32 Å². The Morgan fingerprint density at radius 1 is 1.31 bits per heavy atom. The monoisotopic (exact) mass is 177 g/mol. The Bertz CT molecular complexity index is 295. The van der Waals surface area contributed by atoms with Crippen molar-refractivity contribution in [2.75, 3.05) is 7.05 Å². The Kier molecular flexibility index (Phi) is 3.11. The standard InChI is InChI=1S/C9H12BNO2/c1-7(11-2)8-3-5-9(6-4-8)10(12)13/h3-6,11-13H,1H2,2H3. The van der Waals surface area contributed by atoms with E-state index in [0.29, 0.717) is 5.46 Å². The Balaban J connectivity index is 2.87. The zero-order valence-corrected chi connectivity index (χ0v) is 7.49. The lowest BCUT2D eigenvalue weighted by atomic mass is 9.80. The van der Waals surface area contributed by atoms with Gasteiger partial charge in [0.25, 0.3) is 0 Å². The molecule has 13 heavy (non-hydrogen) atoms. The lowest BCUT2D eigenvalue weighted by Gasteiger charge is -2.05. The van der Waals surface area contributed by atoms with Crippen molar-refractivity contribution in [3.63, 3.8) is 0 Å². The van der Waals surface area contributed by atoms with Crippen LogP contribution in [0.25, 0.3) is 5.70 Å². The van der Waals surface area contributed by atoms with Gasteiger partial charge in [0.05, 0.1) is 0 Å². The average Bonchev–Trinajstić information content (AvgIpc) is 2.17. The summed E-state index contributed by atoms with van der Waals surface area (Å²) in [6.45, 7) is 3.78. The quantitative estimate of drug-likeness (QED) is 0.548. The van der Waals surface area contributed by atoms with Crippen LogP contribution in [0, 0.1) is 0 Å². The van der Waals surface area contributed by atoms with Crippen molar-refractivity contribution in [2.24, 2.45) is 0 Å². The predicted octanol–water partition coefficient (Wildman–Crippen LogP) is -0.444. The van der Waals surface area contributed by atoms with E-state index in [1.54, 1.807) is 31.3 Å². The number of hydrogen-bond acceptors (Lipinski definition) is 3. The van der Waals surface area contributed by atoms with Gasteiger partial charge in [-0.2, -0.15) is 0 Å². The van der Waals surface area contributed by atoms with Gasteiger partial charge >= 0.3 is 7.12 Å². The molecule has 0 saturated heterocycles. The fourth-order valence-electron chi connectivity index (χ4n) is 1.00. The van der Waals surface area contributed by atoms with E-state index < -0.39 is 7.12 Å². The number of rotatable bonds is 3. The van der Waals surface area contributed by atoms with E-state index in [2.05, 4.69) is 11.9 Å². The van der Waals surface area contributed by atoms with Crippen molar-refractivity contribution in [3.05, 3.63) is 36.4 Å². The summed E-state index contributed by atoms with van der Waals surface area (Å²) in [5, 5.41) is 20.6. The van der Waals surface area contributed by atoms with Crippen LogP contribution in [-0.4, -0.2) is 24.2 Å². The third-order valence-corrected chi connectivity index (χ3v) is 1.86. The van der Waals surface area contributed by atoms with Gasteiger partial charge in [0.15, 0.2) is 0 Å². The molecule has 0 aliphatic heterocycles. The second kappa shape index (κ2) is 4.12. The molecular formula is C9H12BNO2. The van der Waals surface area contributed by atoms with Crippen LogP contribution in [0.1, 0.15) is 5.56 Å². The maximum absolute atomic E-state index is 8.83. The number of benzene rings is 1. The zero-order chi connectivity index (χ0) is 9.84. The topological polar surface area (TPSA) is 52.5 Å².